The quantitative estimate of drug-likeness (QED) is 0.568. The summed E-state index contributed by atoms with van der Waals surface area (Å²) in [6.07, 6.45) is 7.52. The molecular weight excluding hydrogens is 332 g/mol. The molecule has 1 fully saturated rings. The van der Waals surface area contributed by atoms with Crippen LogP contribution in [0.15, 0.2) is 35.5 Å². The first-order valence-corrected chi connectivity index (χ1v) is 9.44. The normalized spacial score (nSPS) is 16.4. The zero-order valence-corrected chi connectivity index (χ0v) is 15.7. The van der Waals surface area contributed by atoms with Crippen LogP contribution in [0.1, 0.15) is 44.8 Å². The summed E-state index contributed by atoms with van der Waals surface area (Å²) >= 11 is 0. The van der Waals surface area contributed by atoms with E-state index in [2.05, 4.69) is 6.58 Å². The number of carbonyl (C=O) groups excluding carboxylic acids is 2. The van der Waals surface area contributed by atoms with Crippen LogP contribution in [0.5, 0.6) is 0 Å². The van der Waals surface area contributed by atoms with Crippen molar-refractivity contribution in [2.45, 2.75) is 51.7 Å². The van der Waals surface area contributed by atoms with Gasteiger partial charge in [0.2, 0.25) is 11.8 Å². The molecule has 2 rings (SSSR count). The highest BCUT2D eigenvalue weighted by molar-refractivity contribution is 5.85. The summed E-state index contributed by atoms with van der Waals surface area (Å²) in [6.45, 7) is 7.83. The summed E-state index contributed by atoms with van der Waals surface area (Å²) in [5, 5.41) is 0. The summed E-state index contributed by atoms with van der Waals surface area (Å²) in [4.78, 5) is 28.6. The van der Waals surface area contributed by atoms with E-state index >= 15 is 0 Å². The zero-order chi connectivity index (χ0) is 18.8. The molecule has 2 heterocycles. The van der Waals surface area contributed by atoms with E-state index < -0.39 is 0 Å². The lowest BCUT2D eigenvalue weighted by Gasteiger charge is -2.28. The molecule has 1 aromatic rings. The van der Waals surface area contributed by atoms with Crippen LogP contribution in [0.3, 0.4) is 0 Å². The maximum atomic E-state index is 12.9. The molecule has 6 heteroatoms. The highest BCUT2D eigenvalue weighted by Crippen LogP contribution is 2.16. The van der Waals surface area contributed by atoms with E-state index in [0.717, 1.165) is 38.1 Å². The van der Waals surface area contributed by atoms with E-state index in [-0.39, 0.29) is 24.5 Å². The van der Waals surface area contributed by atoms with Gasteiger partial charge in [0.25, 0.3) is 0 Å². The molecule has 0 saturated carbocycles. The standard InChI is InChI=1S/C20H30N2O4/c1-3-5-10-19(23)21(11-4-2)16-20(24)22(14-17-8-6-12-25-17)15-18-9-7-13-26-18/h4,6,8,12,18H,2-3,5,7,9-11,13-16H2,1H3. The number of hydrogen-bond donors (Lipinski definition) is 0. The van der Waals surface area contributed by atoms with Gasteiger partial charge in [-0.25, -0.2) is 0 Å². The Hall–Kier alpha value is -2.08. The lowest BCUT2D eigenvalue weighted by molar-refractivity contribution is -0.141. The fraction of sp³-hybridized carbons (Fsp3) is 0.600. The predicted octanol–water partition coefficient (Wildman–Crippen LogP) is 2.99. The molecule has 0 aromatic carbocycles. The fourth-order valence-corrected chi connectivity index (χ4v) is 3.04. The molecule has 1 aliphatic rings. The molecule has 0 bridgehead atoms. The van der Waals surface area contributed by atoms with Crippen molar-refractivity contribution in [3.05, 3.63) is 36.8 Å². The van der Waals surface area contributed by atoms with Crippen LogP contribution >= 0.6 is 0 Å². The van der Waals surface area contributed by atoms with Crippen molar-refractivity contribution in [2.75, 3.05) is 26.2 Å². The average Bonchev–Trinajstić information content (AvgIpc) is 3.32. The molecule has 6 nitrogen and oxygen atoms in total. The molecule has 144 valence electrons. The molecule has 0 aliphatic carbocycles. The second-order valence-corrected chi connectivity index (χ2v) is 6.66. The highest BCUT2D eigenvalue weighted by Gasteiger charge is 2.25. The van der Waals surface area contributed by atoms with E-state index in [4.69, 9.17) is 9.15 Å². The smallest absolute Gasteiger partial charge is 0.242 e. The number of rotatable bonds is 11. The molecule has 0 N–H and O–H groups in total. The molecule has 1 atom stereocenters. The van der Waals surface area contributed by atoms with Gasteiger partial charge in [0.1, 0.15) is 12.3 Å². The first kappa shape index (κ1) is 20.2. The van der Waals surface area contributed by atoms with Crippen LogP contribution in [-0.4, -0.2) is 54.0 Å². The van der Waals surface area contributed by atoms with Crippen molar-refractivity contribution in [2.24, 2.45) is 0 Å². The van der Waals surface area contributed by atoms with Gasteiger partial charge >= 0.3 is 0 Å². The van der Waals surface area contributed by atoms with Crippen molar-refractivity contribution < 1.29 is 18.7 Å². The SMILES string of the molecule is C=CCN(CC(=O)N(Cc1ccco1)CC1CCCO1)C(=O)CCCC. The molecule has 0 radical (unpaired) electrons. The topological polar surface area (TPSA) is 63.0 Å². The van der Waals surface area contributed by atoms with Crippen LogP contribution in [0.2, 0.25) is 0 Å². The van der Waals surface area contributed by atoms with Gasteiger partial charge in [-0.1, -0.05) is 19.4 Å². The van der Waals surface area contributed by atoms with Gasteiger partial charge in [0.15, 0.2) is 0 Å². The third-order valence-electron chi connectivity index (χ3n) is 4.50. The molecule has 1 saturated heterocycles. The number of carbonyl (C=O) groups is 2. The number of amides is 2. The van der Waals surface area contributed by atoms with Crippen molar-refractivity contribution in [3.8, 4) is 0 Å². The molecule has 0 spiro atoms. The average molecular weight is 362 g/mol. The van der Waals surface area contributed by atoms with E-state index in [1.165, 1.54) is 0 Å². The maximum absolute atomic E-state index is 12.9. The monoisotopic (exact) mass is 362 g/mol. The fourth-order valence-electron chi connectivity index (χ4n) is 3.04. The van der Waals surface area contributed by atoms with Crippen molar-refractivity contribution in [1.29, 1.82) is 0 Å². The minimum Gasteiger partial charge on any atom is -0.467 e. The van der Waals surface area contributed by atoms with E-state index in [0.29, 0.717) is 26.1 Å². The molecule has 1 unspecified atom stereocenters. The number of hydrogen-bond acceptors (Lipinski definition) is 4. The number of furan rings is 1. The molecular formula is C20H30N2O4. The zero-order valence-electron chi connectivity index (χ0n) is 15.7. The summed E-state index contributed by atoms with van der Waals surface area (Å²) in [6, 6.07) is 3.66. The van der Waals surface area contributed by atoms with Crippen LogP contribution in [0.25, 0.3) is 0 Å². The summed E-state index contributed by atoms with van der Waals surface area (Å²) in [5.41, 5.74) is 0. The van der Waals surface area contributed by atoms with Crippen molar-refractivity contribution >= 4 is 11.8 Å². The minimum absolute atomic E-state index is 0.00448. The van der Waals surface area contributed by atoms with Crippen molar-refractivity contribution in [3.63, 3.8) is 0 Å². The van der Waals surface area contributed by atoms with Gasteiger partial charge in [0.05, 0.1) is 18.9 Å². The van der Waals surface area contributed by atoms with Gasteiger partial charge in [-0.15, -0.1) is 6.58 Å². The Balaban J connectivity index is 2.01. The number of unbranched alkanes of at least 4 members (excludes halogenated alkanes) is 1. The summed E-state index contributed by atoms with van der Waals surface area (Å²) in [7, 11) is 0. The Morgan fingerprint density at radius 3 is 2.81 bits per heavy atom. The van der Waals surface area contributed by atoms with E-state index in [1.54, 1.807) is 22.1 Å². The van der Waals surface area contributed by atoms with Crippen LogP contribution in [0, 0.1) is 0 Å². The Labute approximate surface area is 155 Å². The molecule has 2 amide bonds. The summed E-state index contributed by atoms with van der Waals surface area (Å²) in [5.74, 6) is 0.627. The first-order valence-electron chi connectivity index (χ1n) is 9.44. The van der Waals surface area contributed by atoms with Gasteiger partial charge in [-0.3, -0.25) is 9.59 Å². The van der Waals surface area contributed by atoms with Crippen LogP contribution < -0.4 is 0 Å². The second kappa shape index (κ2) is 10.8. The van der Waals surface area contributed by atoms with E-state index in [1.807, 2.05) is 19.1 Å². The Bertz CT molecular complexity index is 564. The van der Waals surface area contributed by atoms with Gasteiger partial charge in [-0.05, 0) is 31.4 Å². The molecule has 1 aliphatic heterocycles. The summed E-state index contributed by atoms with van der Waals surface area (Å²) < 4.78 is 11.1. The van der Waals surface area contributed by atoms with Gasteiger partial charge in [-0.2, -0.15) is 0 Å². The Morgan fingerprint density at radius 1 is 1.35 bits per heavy atom. The van der Waals surface area contributed by atoms with E-state index in [9.17, 15) is 9.59 Å². The predicted molar refractivity (Wildman–Crippen MR) is 99.4 cm³/mol. The molecule has 26 heavy (non-hydrogen) atoms. The Morgan fingerprint density at radius 2 is 2.19 bits per heavy atom. The second-order valence-electron chi connectivity index (χ2n) is 6.66. The van der Waals surface area contributed by atoms with Crippen LogP contribution in [-0.2, 0) is 20.9 Å². The lowest BCUT2D eigenvalue weighted by Crippen LogP contribution is -2.45. The first-order chi connectivity index (χ1) is 12.6. The van der Waals surface area contributed by atoms with Crippen molar-refractivity contribution in [1.82, 2.24) is 9.80 Å². The van der Waals surface area contributed by atoms with Gasteiger partial charge < -0.3 is 19.0 Å². The number of nitrogens with zero attached hydrogens (tertiary/aromatic N) is 2. The lowest BCUT2D eigenvalue weighted by atomic mass is 10.2. The third kappa shape index (κ3) is 6.33. The minimum atomic E-state index is -0.0939. The third-order valence-corrected chi connectivity index (χ3v) is 4.50. The molecule has 1 aromatic heterocycles. The van der Waals surface area contributed by atoms with Crippen LogP contribution in [0.4, 0.5) is 0 Å². The number of ether oxygens (including phenoxy) is 1. The maximum Gasteiger partial charge on any atom is 0.242 e. The van der Waals surface area contributed by atoms with Gasteiger partial charge in [0, 0.05) is 26.1 Å². The Kier molecular flexibility index (Phi) is 8.41. The largest absolute Gasteiger partial charge is 0.467 e. The highest BCUT2D eigenvalue weighted by atomic mass is 16.5.